The Morgan fingerprint density at radius 1 is 0.727 bits per heavy atom. The SMILES string of the molecule is C=CCN(CC=C)c1n[nH]cc1-c1ccccc1.C=CCN(CC=C)c1nn(C2CN3CCC2CC3)cc1-c1ccccc1. The van der Waals surface area contributed by atoms with Gasteiger partial charge in [-0.2, -0.15) is 10.2 Å². The minimum absolute atomic E-state index is 0.489. The number of aromatic nitrogens is 4. The fourth-order valence-corrected chi connectivity index (χ4v) is 6.31. The van der Waals surface area contributed by atoms with Gasteiger partial charge in [-0.3, -0.25) is 9.78 Å². The highest BCUT2D eigenvalue weighted by Crippen LogP contribution is 2.38. The first-order chi connectivity index (χ1) is 21.7. The normalized spacial score (nSPS) is 18.5. The van der Waals surface area contributed by atoms with E-state index in [2.05, 4.69) is 105 Å². The zero-order valence-corrected chi connectivity index (χ0v) is 25.8. The molecule has 0 radical (unpaired) electrons. The molecule has 2 aromatic heterocycles. The molecule has 4 aromatic rings. The van der Waals surface area contributed by atoms with E-state index in [4.69, 9.17) is 5.10 Å². The molecule has 1 unspecified atom stereocenters. The van der Waals surface area contributed by atoms with Crippen molar-refractivity contribution < 1.29 is 0 Å². The maximum Gasteiger partial charge on any atom is 0.159 e. The molecule has 3 saturated heterocycles. The van der Waals surface area contributed by atoms with Gasteiger partial charge < -0.3 is 14.7 Å². The van der Waals surface area contributed by atoms with Crippen LogP contribution < -0.4 is 9.80 Å². The van der Waals surface area contributed by atoms with Crippen molar-refractivity contribution in [2.45, 2.75) is 18.9 Å². The van der Waals surface area contributed by atoms with Crippen LogP contribution in [0, 0.1) is 5.92 Å². The number of hydrogen-bond acceptors (Lipinski definition) is 5. The molecule has 228 valence electrons. The molecule has 7 nitrogen and oxygen atoms in total. The van der Waals surface area contributed by atoms with Crippen molar-refractivity contribution in [1.29, 1.82) is 0 Å². The van der Waals surface area contributed by atoms with Gasteiger partial charge in [0.25, 0.3) is 0 Å². The number of anilines is 2. The molecule has 2 aromatic carbocycles. The summed E-state index contributed by atoms with van der Waals surface area (Å²) in [6, 6.07) is 21.3. The average Bonchev–Trinajstić information content (AvgIpc) is 3.75. The van der Waals surface area contributed by atoms with Gasteiger partial charge in [-0.15, -0.1) is 26.3 Å². The lowest BCUT2D eigenvalue weighted by atomic mass is 9.84. The molecule has 0 spiro atoms. The minimum Gasteiger partial charge on any atom is -0.347 e. The average molecular weight is 588 g/mol. The Bertz CT molecular complexity index is 1480. The molecule has 5 heterocycles. The van der Waals surface area contributed by atoms with Crippen LogP contribution in [0.4, 0.5) is 11.6 Å². The third-order valence-corrected chi connectivity index (χ3v) is 8.46. The van der Waals surface area contributed by atoms with Crippen molar-refractivity contribution in [3.63, 3.8) is 0 Å². The first-order valence-corrected chi connectivity index (χ1v) is 15.6. The Balaban J connectivity index is 0.000000187. The number of piperidine rings is 3. The summed E-state index contributed by atoms with van der Waals surface area (Å²) in [4.78, 5) is 6.96. The van der Waals surface area contributed by atoms with Crippen molar-refractivity contribution in [1.82, 2.24) is 24.9 Å². The zero-order valence-electron chi connectivity index (χ0n) is 25.8. The summed E-state index contributed by atoms with van der Waals surface area (Å²) in [7, 11) is 0. The van der Waals surface area contributed by atoms with Gasteiger partial charge in [0.15, 0.2) is 11.6 Å². The van der Waals surface area contributed by atoms with E-state index in [1.54, 1.807) is 0 Å². The van der Waals surface area contributed by atoms with Crippen molar-refractivity contribution in [3.05, 3.63) is 124 Å². The number of H-pyrrole nitrogens is 1. The summed E-state index contributed by atoms with van der Waals surface area (Å²) in [6.07, 6.45) is 14.4. The van der Waals surface area contributed by atoms with Gasteiger partial charge in [-0.05, 0) is 43.0 Å². The Kier molecular flexibility index (Phi) is 10.7. The maximum atomic E-state index is 5.09. The summed E-state index contributed by atoms with van der Waals surface area (Å²) in [5.41, 5.74) is 4.66. The summed E-state index contributed by atoms with van der Waals surface area (Å²) < 4.78 is 2.24. The van der Waals surface area contributed by atoms with E-state index < -0.39 is 0 Å². The van der Waals surface area contributed by atoms with Crippen molar-refractivity contribution in [2.75, 3.05) is 55.6 Å². The summed E-state index contributed by atoms with van der Waals surface area (Å²) in [5, 5.41) is 12.4. The van der Waals surface area contributed by atoms with Crippen LogP contribution >= 0.6 is 0 Å². The summed E-state index contributed by atoms with van der Waals surface area (Å²) >= 11 is 0. The molecule has 3 aliphatic rings. The van der Waals surface area contributed by atoms with E-state index in [9.17, 15) is 0 Å². The van der Waals surface area contributed by atoms with Gasteiger partial charge >= 0.3 is 0 Å². The van der Waals surface area contributed by atoms with Gasteiger partial charge in [0.2, 0.25) is 0 Å². The molecule has 1 N–H and O–H groups in total. The lowest BCUT2D eigenvalue weighted by Gasteiger charge is -2.44. The Morgan fingerprint density at radius 3 is 1.75 bits per heavy atom. The number of aromatic amines is 1. The highest BCUT2D eigenvalue weighted by atomic mass is 15.4. The second-order valence-corrected chi connectivity index (χ2v) is 11.4. The lowest BCUT2D eigenvalue weighted by Crippen LogP contribution is -2.48. The highest BCUT2D eigenvalue weighted by Gasteiger charge is 2.36. The Morgan fingerprint density at radius 2 is 1.25 bits per heavy atom. The molecular weight excluding hydrogens is 542 g/mol. The van der Waals surface area contributed by atoms with Gasteiger partial charge in [-0.25, -0.2) is 0 Å². The maximum absolute atomic E-state index is 5.09. The predicted octanol–water partition coefficient (Wildman–Crippen LogP) is 7.25. The first kappa shape index (κ1) is 30.8. The Labute approximate surface area is 262 Å². The van der Waals surface area contributed by atoms with E-state index in [0.717, 1.165) is 61.4 Å². The smallest absolute Gasteiger partial charge is 0.159 e. The van der Waals surface area contributed by atoms with Crippen LogP contribution in [0.1, 0.15) is 18.9 Å². The van der Waals surface area contributed by atoms with E-state index in [1.165, 1.54) is 37.1 Å². The molecule has 2 bridgehead atoms. The highest BCUT2D eigenvalue weighted by molar-refractivity contribution is 5.76. The quantitative estimate of drug-likeness (QED) is 0.167. The largest absolute Gasteiger partial charge is 0.347 e. The fourth-order valence-electron chi connectivity index (χ4n) is 6.31. The molecule has 7 rings (SSSR count). The molecule has 0 amide bonds. The van der Waals surface area contributed by atoms with Crippen LogP contribution in [0.5, 0.6) is 0 Å². The molecule has 3 fully saturated rings. The summed E-state index contributed by atoms with van der Waals surface area (Å²) in [6.45, 7) is 22.1. The number of fused-ring (bicyclic) bond motifs is 3. The topological polar surface area (TPSA) is 56.2 Å². The van der Waals surface area contributed by atoms with Crippen molar-refractivity contribution >= 4 is 11.6 Å². The molecule has 0 aliphatic carbocycles. The van der Waals surface area contributed by atoms with E-state index >= 15 is 0 Å². The van der Waals surface area contributed by atoms with Crippen LogP contribution in [0.15, 0.2) is 124 Å². The number of nitrogens with one attached hydrogen (secondary N) is 1. The number of rotatable bonds is 13. The second kappa shape index (κ2) is 15.2. The summed E-state index contributed by atoms with van der Waals surface area (Å²) in [5.74, 6) is 2.72. The van der Waals surface area contributed by atoms with E-state index in [-0.39, 0.29) is 0 Å². The van der Waals surface area contributed by atoms with Crippen molar-refractivity contribution in [2.24, 2.45) is 5.92 Å². The first-order valence-electron chi connectivity index (χ1n) is 15.6. The van der Waals surface area contributed by atoms with Crippen LogP contribution in [-0.4, -0.2) is 70.7 Å². The van der Waals surface area contributed by atoms with Crippen LogP contribution in [0.2, 0.25) is 0 Å². The number of benzene rings is 2. The zero-order chi connectivity index (χ0) is 30.7. The molecule has 1 atom stereocenters. The Hall–Kier alpha value is -4.62. The second-order valence-electron chi connectivity index (χ2n) is 11.4. The fraction of sp³-hybridized carbons (Fsp3) is 0.297. The molecule has 0 saturated carbocycles. The number of nitrogens with zero attached hydrogens (tertiary/aromatic N) is 6. The van der Waals surface area contributed by atoms with Crippen molar-refractivity contribution in [3.8, 4) is 22.3 Å². The molecular formula is C37H45N7. The van der Waals surface area contributed by atoms with E-state index in [1.807, 2.05) is 48.7 Å². The van der Waals surface area contributed by atoms with Gasteiger partial charge in [0.1, 0.15) is 0 Å². The molecule has 3 aliphatic heterocycles. The van der Waals surface area contributed by atoms with Gasteiger partial charge in [0, 0.05) is 56.2 Å². The van der Waals surface area contributed by atoms with E-state index in [0.29, 0.717) is 6.04 Å². The van der Waals surface area contributed by atoms with Crippen LogP contribution in [0.3, 0.4) is 0 Å². The number of hydrogen-bond donors (Lipinski definition) is 1. The van der Waals surface area contributed by atoms with Gasteiger partial charge in [-0.1, -0.05) is 85.0 Å². The minimum atomic E-state index is 0.489. The molecule has 7 heteroatoms. The standard InChI is InChI=1S/C22H28N4.C15H17N3/c1-3-12-25(13-4-2)22-20(18-8-6-5-7-9-18)16-26(23-22)21-17-24-14-10-19(21)11-15-24;1-3-10-18(11-4-2)15-14(12-16-17-15)13-8-6-5-7-9-13/h3-9,16,19,21H,1-2,10-15,17H2;3-9,12H,1-2,10-11H2,(H,16,17). The molecule has 44 heavy (non-hydrogen) atoms. The van der Waals surface area contributed by atoms with Crippen LogP contribution in [-0.2, 0) is 0 Å². The third kappa shape index (κ3) is 7.12. The third-order valence-electron chi connectivity index (χ3n) is 8.46. The van der Waals surface area contributed by atoms with Gasteiger partial charge in [0.05, 0.1) is 6.04 Å². The monoisotopic (exact) mass is 587 g/mol. The van der Waals surface area contributed by atoms with Crippen LogP contribution in [0.25, 0.3) is 22.3 Å². The lowest BCUT2D eigenvalue weighted by molar-refractivity contribution is 0.0514. The predicted molar refractivity (Wildman–Crippen MR) is 185 cm³/mol.